The van der Waals surface area contributed by atoms with E-state index >= 15 is 0 Å². The van der Waals surface area contributed by atoms with E-state index in [0.717, 1.165) is 19.5 Å². The Morgan fingerprint density at radius 2 is 1.82 bits per heavy atom. The van der Waals surface area contributed by atoms with E-state index < -0.39 is 0 Å². The van der Waals surface area contributed by atoms with Crippen molar-refractivity contribution in [1.29, 1.82) is 0 Å². The van der Waals surface area contributed by atoms with Gasteiger partial charge in [-0.05, 0) is 51.0 Å². The van der Waals surface area contributed by atoms with Crippen LogP contribution in [0.25, 0.3) is 0 Å². The van der Waals surface area contributed by atoms with E-state index in [1.807, 2.05) is 26.0 Å². The minimum atomic E-state index is -0.0665. The zero-order valence-corrected chi connectivity index (χ0v) is 17.0. The molecule has 0 bridgehead atoms. The third-order valence-corrected chi connectivity index (χ3v) is 5.19. The molecule has 2 atom stereocenters. The van der Waals surface area contributed by atoms with E-state index in [9.17, 15) is 4.79 Å². The maximum absolute atomic E-state index is 12.7. The van der Waals surface area contributed by atoms with Gasteiger partial charge < -0.3 is 14.8 Å². The van der Waals surface area contributed by atoms with Crippen molar-refractivity contribution in [3.8, 4) is 11.5 Å². The summed E-state index contributed by atoms with van der Waals surface area (Å²) >= 11 is 0. The van der Waals surface area contributed by atoms with Crippen LogP contribution in [0.15, 0.2) is 48.5 Å². The van der Waals surface area contributed by atoms with Crippen molar-refractivity contribution in [3.63, 3.8) is 0 Å². The summed E-state index contributed by atoms with van der Waals surface area (Å²) in [5.41, 5.74) is 1.91. The number of nitrogens with one attached hydrogen (secondary N) is 1. The average molecular weight is 383 g/mol. The first kappa shape index (κ1) is 20.2. The Balaban J connectivity index is 1.61. The molecule has 150 valence electrons. The number of hydrogen-bond donors (Lipinski definition) is 1. The third kappa shape index (κ3) is 4.84. The molecular weight excluding hydrogens is 352 g/mol. The molecule has 1 saturated heterocycles. The summed E-state index contributed by atoms with van der Waals surface area (Å²) < 4.78 is 11.2. The zero-order valence-electron chi connectivity index (χ0n) is 17.0. The molecule has 1 N–H and O–H groups in total. The lowest BCUT2D eigenvalue weighted by Crippen LogP contribution is -2.37. The van der Waals surface area contributed by atoms with Crippen LogP contribution in [0.3, 0.4) is 0 Å². The highest BCUT2D eigenvalue weighted by atomic mass is 16.5. The van der Waals surface area contributed by atoms with Gasteiger partial charge in [-0.3, -0.25) is 9.69 Å². The Hall–Kier alpha value is -2.53. The number of carbonyl (C=O) groups excluding carboxylic acids is 1. The van der Waals surface area contributed by atoms with Gasteiger partial charge in [0.1, 0.15) is 0 Å². The number of rotatable bonds is 8. The molecule has 0 spiro atoms. The molecule has 28 heavy (non-hydrogen) atoms. The molecule has 1 amide bonds. The van der Waals surface area contributed by atoms with Gasteiger partial charge in [0, 0.05) is 30.7 Å². The Morgan fingerprint density at radius 1 is 1.11 bits per heavy atom. The fourth-order valence-corrected chi connectivity index (χ4v) is 3.66. The van der Waals surface area contributed by atoms with E-state index in [2.05, 4.69) is 41.4 Å². The van der Waals surface area contributed by atoms with Crippen LogP contribution in [0.4, 0.5) is 0 Å². The molecule has 2 aromatic rings. The largest absolute Gasteiger partial charge is 0.490 e. The number of likely N-dealkylation sites (tertiary alicyclic amines) is 1. The number of nitrogens with zero attached hydrogens (tertiary/aromatic N) is 1. The van der Waals surface area contributed by atoms with Crippen molar-refractivity contribution >= 4 is 5.91 Å². The minimum absolute atomic E-state index is 0.0665. The molecular formula is C23H30N2O3. The number of carbonyl (C=O) groups is 1. The van der Waals surface area contributed by atoms with Gasteiger partial charge in [0.25, 0.3) is 5.91 Å². The second kappa shape index (κ2) is 9.60. The number of amides is 1. The topological polar surface area (TPSA) is 50.8 Å². The number of hydrogen-bond acceptors (Lipinski definition) is 4. The predicted octanol–water partition coefficient (Wildman–Crippen LogP) is 4.05. The quantitative estimate of drug-likeness (QED) is 0.748. The molecule has 5 heteroatoms. The van der Waals surface area contributed by atoms with Crippen molar-refractivity contribution < 1.29 is 14.3 Å². The SMILES string of the molecule is CCOc1ccc(C(=O)N[C@H]2CCN([C@H](C)c3ccccc3)C2)cc1OCC. The fraction of sp³-hybridized carbons (Fsp3) is 0.435. The summed E-state index contributed by atoms with van der Waals surface area (Å²) in [6.07, 6.45) is 0.957. The van der Waals surface area contributed by atoms with Crippen molar-refractivity contribution in [3.05, 3.63) is 59.7 Å². The number of ether oxygens (including phenoxy) is 2. The standard InChI is InChI=1S/C23H30N2O3/c1-4-27-21-12-11-19(15-22(21)28-5-2)23(26)24-20-13-14-25(16-20)17(3)18-9-7-6-8-10-18/h6-12,15,17,20H,4-5,13-14,16H2,1-3H3,(H,24,26)/t17-,20+/m1/s1. The van der Waals surface area contributed by atoms with Crippen molar-refractivity contribution in [2.75, 3.05) is 26.3 Å². The first-order valence-electron chi connectivity index (χ1n) is 10.1. The second-order valence-corrected chi connectivity index (χ2v) is 7.07. The lowest BCUT2D eigenvalue weighted by Gasteiger charge is -2.24. The van der Waals surface area contributed by atoms with Gasteiger partial charge in [0.05, 0.1) is 13.2 Å². The third-order valence-electron chi connectivity index (χ3n) is 5.19. The smallest absolute Gasteiger partial charge is 0.251 e. The van der Waals surface area contributed by atoms with Crippen LogP contribution in [0.1, 0.15) is 49.2 Å². The van der Waals surface area contributed by atoms with Crippen LogP contribution in [-0.2, 0) is 0 Å². The first-order valence-corrected chi connectivity index (χ1v) is 10.1. The molecule has 0 aliphatic carbocycles. The van der Waals surface area contributed by atoms with Crippen molar-refractivity contribution in [2.45, 2.75) is 39.3 Å². The zero-order chi connectivity index (χ0) is 19.9. The monoisotopic (exact) mass is 382 g/mol. The van der Waals surface area contributed by atoms with E-state index in [4.69, 9.17) is 9.47 Å². The molecule has 2 aromatic carbocycles. The van der Waals surface area contributed by atoms with E-state index in [0.29, 0.717) is 36.3 Å². The van der Waals surface area contributed by atoms with Gasteiger partial charge in [0.2, 0.25) is 0 Å². The van der Waals surface area contributed by atoms with Gasteiger partial charge in [-0.15, -0.1) is 0 Å². The summed E-state index contributed by atoms with van der Waals surface area (Å²) in [5, 5.41) is 3.18. The van der Waals surface area contributed by atoms with Gasteiger partial charge in [-0.2, -0.15) is 0 Å². The van der Waals surface area contributed by atoms with Crippen molar-refractivity contribution in [2.24, 2.45) is 0 Å². The lowest BCUT2D eigenvalue weighted by atomic mass is 10.1. The Bertz CT molecular complexity index is 779. The van der Waals surface area contributed by atoms with Crippen LogP contribution in [-0.4, -0.2) is 43.2 Å². The highest BCUT2D eigenvalue weighted by Crippen LogP contribution is 2.29. The van der Waals surface area contributed by atoms with Crippen LogP contribution in [0, 0.1) is 0 Å². The Kier molecular flexibility index (Phi) is 6.93. The summed E-state index contributed by atoms with van der Waals surface area (Å²) in [6.45, 7) is 9.00. The van der Waals surface area contributed by atoms with E-state index in [-0.39, 0.29) is 11.9 Å². The first-order chi connectivity index (χ1) is 13.6. The van der Waals surface area contributed by atoms with Gasteiger partial charge in [-0.25, -0.2) is 0 Å². The maximum Gasteiger partial charge on any atom is 0.251 e. The summed E-state index contributed by atoms with van der Waals surface area (Å²) in [5.74, 6) is 1.22. The Morgan fingerprint density at radius 3 is 2.54 bits per heavy atom. The van der Waals surface area contributed by atoms with Crippen molar-refractivity contribution in [1.82, 2.24) is 10.2 Å². The lowest BCUT2D eigenvalue weighted by molar-refractivity contribution is 0.0936. The molecule has 3 rings (SSSR count). The van der Waals surface area contributed by atoms with Crippen LogP contribution < -0.4 is 14.8 Å². The van der Waals surface area contributed by atoms with Gasteiger partial charge >= 0.3 is 0 Å². The highest BCUT2D eigenvalue weighted by molar-refractivity contribution is 5.95. The van der Waals surface area contributed by atoms with E-state index in [1.165, 1.54) is 5.56 Å². The minimum Gasteiger partial charge on any atom is -0.490 e. The number of benzene rings is 2. The average Bonchev–Trinajstić information content (AvgIpc) is 3.18. The van der Waals surface area contributed by atoms with Crippen LogP contribution in [0.2, 0.25) is 0 Å². The summed E-state index contributed by atoms with van der Waals surface area (Å²) in [4.78, 5) is 15.2. The summed E-state index contributed by atoms with van der Waals surface area (Å²) in [7, 11) is 0. The normalized spacial score (nSPS) is 17.9. The molecule has 0 radical (unpaired) electrons. The highest BCUT2D eigenvalue weighted by Gasteiger charge is 2.28. The molecule has 1 aliphatic heterocycles. The predicted molar refractivity (Wildman–Crippen MR) is 111 cm³/mol. The maximum atomic E-state index is 12.7. The molecule has 1 heterocycles. The fourth-order valence-electron chi connectivity index (χ4n) is 3.66. The van der Waals surface area contributed by atoms with Crippen LogP contribution >= 0.6 is 0 Å². The Labute approximate surface area is 167 Å². The molecule has 1 fully saturated rings. The molecule has 0 aromatic heterocycles. The van der Waals surface area contributed by atoms with E-state index in [1.54, 1.807) is 12.1 Å². The van der Waals surface area contributed by atoms with Gasteiger partial charge in [0.15, 0.2) is 11.5 Å². The molecule has 1 aliphatic rings. The molecule has 5 nitrogen and oxygen atoms in total. The van der Waals surface area contributed by atoms with Gasteiger partial charge in [-0.1, -0.05) is 30.3 Å². The summed E-state index contributed by atoms with van der Waals surface area (Å²) in [6, 6.07) is 16.4. The van der Waals surface area contributed by atoms with Crippen LogP contribution in [0.5, 0.6) is 11.5 Å². The molecule has 0 saturated carbocycles. The second-order valence-electron chi connectivity index (χ2n) is 7.07. The molecule has 0 unspecified atom stereocenters.